The zero-order valence-electron chi connectivity index (χ0n) is 14.8. The summed E-state index contributed by atoms with van der Waals surface area (Å²) in [7, 11) is 0. The second-order valence-corrected chi connectivity index (χ2v) is 6.15. The molecule has 3 aromatic rings. The van der Waals surface area contributed by atoms with Gasteiger partial charge in [0, 0.05) is 25.5 Å². The number of nitrogens with zero attached hydrogens (tertiary/aromatic N) is 2. The molecule has 5 heteroatoms. The molecule has 0 saturated carbocycles. The topological polar surface area (TPSA) is 70.7 Å². The van der Waals surface area contributed by atoms with E-state index in [1.807, 2.05) is 30.3 Å². The number of rotatable bonds is 7. The largest absolute Gasteiger partial charge is 0.352 e. The first-order valence-electron chi connectivity index (χ1n) is 8.66. The van der Waals surface area contributed by atoms with Crippen molar-refractivity contribution in [2.45, 2.75) is 19.8 Å². The Kier molecular flexibility index (Phi) is 5.93. The monoisotopic (exact) mass is 346 g/mol. The van der Waals surface area contributed by atoms with Crippen molar-refractivity contribution in [3.05, 3.63) is 89.0 Å². The first-order chi connectivity index (χ1) is 12.7. The fraction of sp³-hybridized carbons (Fsp3) is 0.190. The third-order valence-corrected chi connectivity index (χ3v) is 3.94. The van der Waals surface area contributed by atoms with Crippen molar-refractivity contribution in [1.82, 2.24) is 20.5 Å². The van der Waals surface area contributed by atoms with Crippen LogP contribution >= 0.6 is 0 Å². The molecule has 0 fully saturated rings. The van der Waals surface area contributed by atoms with E-state index >= 15 is 0 Å². The molecule has 0 saturated heterocycles. The Bertz CT molecular complexity index is 867. The maximum atomic E-state index is 11.8. The summed E-state index contributed by atoms with van der Waals surface area (Å²) in [6, 6.07) is 18.1. The fourth-order valence-corrected chi connectivity index (χ4v) is 2.52. The number of carbonyl (C=O) groups is 1. The van der Waals surface area contributed by atoms with Gasteiger partial charge >= 0.3 is 0 Å². The van der Waals surface area contributed by atoms with Crippen LogP contribution in [-0.4, -0.2) is 27.6 Å². The number of hydrogen-bond acceptors (Lipinski definition) is 3. The van der Waals surface area contributed by atoms with Gasteiger partial charge in [-0.3, -0.25) is 9.89 Å². The predicted molar refractivity (Wildman–Crippen MR) is 103 cm³/mol. The van der Waals surface area contributed by atoms with E-state index in [4.69, 9.17) is 0 Å². The van der Waals surface area contributed by atoms with Crippen molar-refractivity contribution in [1.29, 1.82) is 0 Å². The molecule has 0 bridgehead atoms. The molecule has 0 radical (unpaired) electrons. The molecule has 2 aromatic carbocycles. The van der Waals surface area contributed by atoms with Gasteiger partial charge in [0.15, 0.2) is 5.82 Å². The normalized spacial score (nSPS) is 11.0. The number of nitrogens with one attached hydrogen (secondary N) is 2. The maximum absolute atomic E-state index is 11.8. The van der Waals surface area contributed by atoms with Crippen molar-refractivity contribution < 1.29 is 4.79 Å². The Morgan fingerprint density at radius 1 is 1.12 bits per heavy atom. The molecule has 1 amide bonds. The van der Waals surface area contributed by atoms with Crippen LogP contribution in [0.5, 0.6) is 0 Å². The first kappa shape index (κ1) is 17.6. The van der Waals surface area contributed by atoms with Crippen LogP contribution in [-0.2, 0) is 17.6 Å². The average molecular weight is 346 g/mol. The minimum Gasteiger partial charge on any atom is -0.352 e. The van der Waals surface area contributed by atoms with E-state index in [1.165, 1.54) is 17.2 Å². The molecule has 0 unspecified atom stereocenters. The summed E-state index contributed by atoms with van der Waals surface area (Å²) in [6.45, 7) is 2.57. The molecule has 0 aliphatic heterocycles. The third-order valence-electron chi connectivity index (χ3n) is 3.94. The summed E-state index contributed by atoms with van der Waals surface area (Å²) in [5.74, 6) is 1.42. The van der Waals surface area contributed by atoms with Crippen LogP contribution in [0.15, 0.2) is 60.7 Å². The second kappa shape index (κ2) is 8.76. The number of benzene rings is 2. The highest BCUT2D eigenvalue weighted by Gasteiger charge is 2.05. The molecule has 5 nitrogen and oxygen atoms in total. The van der Waals surface area contributed by atoms with Crippen LogP contribution < -0.4 is 5.32 Å². The van der Waals surface area contributed by atoms with E-state index < -0.39 is 0 Å². The number of aromatic nitrogens is 3. The van der Waals surface area contributed by atoms with Crippen LogP contribution in [0.25, 0.3) is 6.08 Å². The fourth-order valence-electron chi connectivity index (χ4n) is 2.52. The molecule has 0 aliphatic carbocycles. The minimum absolute atomic E-state index is 0.121. The molecule has 3 rings (SSSR count). The van der Waals surface area contributed by atoms with Crippen molar-refractivity contribution >= 4 is 12.0 Å². The molecule has 2 N–H and O–H groups in total. The lowest BCUT2D eigenvalue weighted by Crippen LogP contribution is -2.23. The van der Waals surface area contributed by atoms with Gasteiger partial charge in [0.1, 0.15) is 5.82 Å². The Labute approximate surface area is 153 Å². The Hall–Kier alpha value is -3.21. The molecular formula is C21H22N4O. The van der Waals surface area contributed by atoms with Gasteiger partial charge in [0.05, 0.1) is 0 Å². The Morgan fingerprint density at radius 2 is 1.88 bits per heavy atom. The summed E-state index contributed by atoms with van der Waals surface area (Å²) in [5.41, 5.74) is 3.43. The molecule has 0 spiro atoms. The lowest BCUT2D eigenvalue weighted by Gasteiger charge is -1.99. The Balaban J connectivity index is 1.44. The van der Waals surface area contributed by atoms with E-state index in [-0.39, 0.29) is 5.91 Å². The molecule has 0 aliphatic rings. The maximum Gasteiger partial charge on any atom is 0.244 e. The molecule has 132 valence electrons. The van der Waals surface area contributed by atoms with Gasteiger partial charge in [-0.05, 0) is 24.1 Å². The number of hydrogen-bond donors (Lipinski definition) is 2. The summed E-state index contributed by atoms with van der Waals surface area (Å²) >= 11 is 0. The van der Waals surface area contributed by atoms with E-state index in [0.29, 0.717) is 18.8 Å². The minimum atomic E-state index is -0.121. The van der Waals surface area contributed by atoms with Crippen LogP contribution in [0.1, 0.15) is 28.3 Å². The number of aromatic amines is 1. The van der Waals surface area contributed by atoms with Crippen molar-refractivity contribution in [2.24, 2.45) is 0 Å². The van der Waals surface area contributed by atoms with Gasteiger partial charge < -0.3 is 5.32 Å². The molecule has 26 heavy (non-hydrogen) atoms. The zero-order valence-corrected chi connectivity index (χ0v) is 14.8. The lowest BCUT2D eigenvalue weighted by molar-refractivity contribution is -0.116. The molecule has 1 heterocycles. The zero-order chi connectivity index (χ0) is 18.2. The highest BCUT2D eigenvalue weighted by molar-refractivity contribution is 5.91. The number of amides is 1. The van der Waals surface area contributed by atoms with Gasteiger partial charge in [0.25, 0.3) is 0 Å². The van der Waals surface area contributed by atoms with Crippen molar-refractivity contribution in [3.63, 3.8) is 0 Å². The van der Waals surface area contributed by atoms with E-state index in [1.54, 1.807) is 6.08 Å². The Morgan fingerprint density at radius 3 is 2.65 bits per heavy atom. The standard InChI is InChI=1S/C21H22N4O/c1-16-7-9-18(10-8-16)15-20-23-19(24-25-20)13-14-22-21(26)12-11-17-5-3-2-4-6-17/h2-12H,13-15H2,1H3,(H,22,26)(H,23,24,25). The van der Waals surface area contributed by atoms with Crippen LogP contribution in [0.4, 0.5) is 0 Å². The van der Waals surface area contributed by atoms with Crippen molar-refractivity contribution in [3.8, 4) is 0 Å². The SMILES string of the molecule is Cc1ccc(Cc2nc(CCNC(=O)C=Cc3ccccc3)n[nH]2)cc1. The van der Waals surface area contributed by atoms with Crippen molar-refractivity contribution in [2.75, 3.05) is 6.54 Å². The highest BCUT2D eigenvalue weighted by Crippen LogP contribution is 2.07. The van der Waals surface area contributed by atoms with E-state index in [0.717, 1.165) is 17.8 Å². The molecule has 1 aromatic heterocycles. The lowest BCUT2D eigenvalue weighted by atomic mass is 10.1. The van der Waals surface area contributed by atoms with E-state index in [2.05, 4.69) is 51.7 Å². The van der Waals surface area contributed by atoms with Gasteiger partial charge in [-0.25, -0.2) is 4.98 Å². The van der Waals surface area contributed by atoms with Gasteiger partial charge in [0.2, 0.25) is 5.91 Å². The third kappa shape index (κ3) is 5.41. The van der Waals surface area contributed by atoms with E-state index in [9.17, 15) is 4.79 Å². The summed E-state index contributed by atoms with van der Waals surface area (Å²) < 4.78 is 0. The summed E-state index contributed by atoms with van der Waals surface area (Å²) in [5, 5.41) is 10.0. The summed E-state index contributed by atoms with van der Waals surface area (Å²) in [6.07, 6.45) is 4.65. The molecule has 0 atom stereocenters. The average Bonchev–Trinajstić information content (AvgIpc) is 3.10. The highest BCUT2D eigenvalue weighted by atomic mass is 16.1. The second-order valence-electron chi connectivity index (χ2n) is 6.15. The predicted octanol–water partition coefficient (Wildman–Crippen LogP) is 3.08. The number of carbonyl (C=O) groups excluding carboxylic acids is 1. The first-order valence-corrected chi connectivity index (χ1v) is 8.66. The van der Waals surface area contributed by atoms with Crippen LogP contribution in [0, 0.1) is 6.92 Å². The van der Waals surface area contributed by atoms with Gasteiger partial charge in [-0.1, -0.05) is 60.2 Å². The van der Waals surface area contributed by atoms with Crippen LogP contribution in [0.2, 0.25) is 0 Å². The quantitative estimate of drug-likeness (QED) is 0.646. The van der Waals surface area contributed by atoms with Gasteiger partial charge in [-0.15, -0.1) is 0 Å². The summed E-state index contributed by atoms with van der Waals surface area (Å²) in [4.78, 5) is 16.3. The van der Waals surface area contributed by atoms with Gasteiger partial charge in [-0.2, -0.15) is 5.10 Å². The number of aryl methyl sites for hydroxylation is 1. The smallest absolute Gasteiger partial charge is 0.244 e. The molecular weight excluding hydrogens is 324 g/mol. The van der Waals surface area contributed by atoms with Crippen LogP contribution in [0.3, 0.4) is 0 Å². The number of H-pyrrole nitrogens is 1.